The minimum atomic E-state index is -0.0613. The second-order valence-electron chi connectivity index (χ2n) is 5.12. The van der Waals surface area contributed by atoms with Crippen LogP contribution in [-0.2, 0) is 6.54 Å². The number of pyridine rings is 2. The average molecular weight is 291 g/mol. The third-order valence-electron chi connectivity index (χ3n) is 3.88. The molecule has 0 aliphatic carbocycles. The first-order valence-electron chi connectivity index (χ1n) is 6.97. The van der Waals surface area contributed by atoms with E-state index in [4.69, 9.17) is 9.72 Å². The number of carbonyl (C=O) groups excluding carboxylic acids is 1. The molecule has 22 heavy (non-hydrogen) atoms. The first-order valence-corrected chi connectivity index (χ1v) is 6.97. The van der Waals surface area contributed by atoms with Gasteiger partial charge in [0.2, 0.25) is 0 Å². The van der Waals surface area contributed by atoms with Crippen LogP contribution in [0.3, 0.4) is 0 Å². The summed E-state index contributed by atoms with van der Waals surface area (Å²) in [5.74, 6) is 0.688. The lowest BCUT2D eigenvalue weighted by Gasteiger charge is -2.10. The lowest BCUT2D eigenvalue weighted by atomic mass is 10.0. The number of ether oxygens (including phenoxy) is 1. The summed E-state index contributed by atoms with van der Waals surface area (Å²) in [6.45, 7) is 0.475. The molecular formula is C17H13N3O2. The van der Waals surface area contributed by atoms with Crippen LogP contribution in [0.5, 0.6) is 5.75 Å². The van der Waals surface area contributed by atoms with Gasteiger partial charge in [-0.25, -0.2) is 4.98 Å². The Balaban J connectivity index is 2.01. The largest absolute Gasteiger partial charge is 0.496 e. The third kappa shape index (κ3) is 1.83. The predicted molar refractivity (Wildman–Crippen MR) is 82.7 cm³/mol. The Morgan fingerprint density at radius 1 is 1.18 bits per heavy atom. The van der Waals surface area contributed by atoms with Crippen LogP contribution in [0.1, 0.15) is 16.1 Å². The van der Waals surface area contributed by atoms with Gasteiger partial charge in [-0.15, -0.1) is 0 Å². The van der Waals surface area contributed by atoms with Crippen molar-refractivity contribution in [1.29, 1.82) is 0 Å². The lowest BCUT2D eigenvalue weighted by Crippen LogP contribution is -2.12. The SMILES string of the molecule is COc1ccncc1-c1cccc2cc3c(nc12)CNC3=O. The molecule has 0 saturated heterocycles. The maximum absolute atomic E-state index is 11.8. The number of carbonyl (C=O) groups is 1. The Labute approximate surface area is 127 Å². The van der Waals surface area contributed by atoms with Crippen LogP contribution >= 0.6 is 0 Å². The quantitative estimate of drug-likeness (QED) is 0.788. The number of nitrogens with zero attached hydrogens (tertiary/aromatic N) is 2. The Kier molecular flexibility index (Phi) is 2.79. The number of nitrogens with one attached hydrogen (secondary N) is 1. The van der Waals surface area contributed by atoms with Crippen LogP contribution in [0, 0.1) is 0 Å². The summed E-state index contributed by atoms with van der Waals surface area (Å²) in [5.41, 5.74) is 4.13. The topological polar surface area (TPSA) is 64.1 Å². The van der Waals surface area contributed by atoms with Crippen LogP contribution in [0.25, 0.3) is 22.0 Å². The van der Waals surface area contributed by atoms with Gasteiger partial charge < -0.3 is 10.1 Å². The van der Waals surface area contributed by atoms with Crippen molar-refractivity contribution in [3.8, 4) is 16.9 Å². The van der Waals surface area contributed by atoms with E-state index < -0.39 is 0 Å². The molecule has 3 aromatic rings. The lowest BCUT2D eigenvalue weighted by molar-refractivity contribution is 0.0966. The summed E-state index contributed by atoms with van der Waals surface area (Å²) in [4.78, 5) is 20.7. The molecule has 0 spiro atoms. The number of amides is 1. The Morgan fingerprint density at radius 2 is 2.09 bits per heavy atom. The second-order valence-corrected chi connectivity index (χ2v) is 5.12. The Morgan fingerprint density at radius 3 is 2.95 bits per heavy atom. The van der Waals surface area contributed by atoms with Crippen molar-refractivity contribution in [2.24, 2.45) is 0 Å². The molecule has 5 nitrogen and oxygen atoms in total. The minimum absolute atomic E-state index is 0.0613. The van der Waals surface area contributed by atoms with Gasteiger partial charge in [-0.05, 0) is 12.1 Å². The number of methoxy groups -OCH3 is 1. The fourth-order valence-corrected chi connectivity index (χ4v) is 2.81. The molecule has 0 bridgehead atoms. The van der Waals surface area contributed by atoms with E-state index in [0.29, 0.717) is 12.1 Å². The maximum atomic E-state index is 11.8. The number of aromatic nitrogens is 2. The number of rotatable bonds is 2. The number of hydrogen-bond donors (Lipinski definition) is 1. The van der Waals surface area contributed by atoms with Crippen molar-refractivity contribution in [3.05, 3.63) is 54.0 Å². The van der Waals surface area contributed by atoms with Gasteiger partial charge >= 0.3 is 0 Å². The summed E-state index contributed by atoms with van der Waals surface area (Å²) < 4.78 is 5.42. The zero-order valence-corrected chi connectivity index (χ0v) is 12.0. The highest BCUT2D eigenvalue weighted by molar-refractivity contribution is 6.03. The summed E-state index contributed by atoms with van der Waals surface area (Å²) in [6.07, 6.45) is 3.47. The molecule has 3 heterocycles. The molecule has 4 rings (SSSR count). The normalized spacial score (nSPS) is 13.0. The highest BCUT2D eigenvalue weighted by Gasteiger charge is 2.22. The van der Waals surface area contributed by atoms with Gasteiger partial charge in [-0.3, -0.25) is 9.78 Å². The van der Waals surface area contributed by atoms with Gasteiger partial charge in [0.1, 0.15) is 5.75 Å². The fourth-order valence-electron chi connectivity index (χ4n) is 2.81. The zero-order chi connectivity index (χ0) is 15.1. The summed E-state index contributed by atoms with van der Waals surface area (Å²) >= 11 is 0. The van der Waals surface area contributed by atoms with E-state index >= 15 is 0 Å². The highest BCUT2D eigenvalue weighted by Crippen LogP contribution is 2.34. The molecule has 1 aliphatic rings. The van der Waals surface area contributed by atoms with Crippen LogP contribution in [0.15, 0.2) is 42.7 Å². The first kappa shape index (κ1) is 12.8. The molecule has 1 aliphatic heterocycles. The van der Waals surface area contributed by atoms with Gasteiger partial charge in [-0.1, -0.05) is 18.2 Å². The first-order chi connectivity index (χ1) is 10.8. The smallest absolute Gasteiger partial charge is 0.253 e. The van der Waals surface area contributed by atoms with E-state index in [0.717, 1.165) is 33.5 Å². The summed E-state index contributed by atoms with van der Waals surface area (Å²) in [7, 11) is 1.64. The van der Waals surface area contributed by atoms with Crippen molar-refractivity contribution in [2.45, 2.75) is 6.54 Å². The molecule has 5 heteroatoms. The average Bonchev–Trinajstić information content (AvgIpc) is 2.93. The molecule has 0 fully saturated rings. The van der Waals surface area contributed by atoms with E-state index in [1.54, 1.807) is 19.5 Å². The second kappa shape index (κ2) is 4.80. The predicted octanol–water partition coefficient (Wildman–Crippen LogP) is 2.55. The van der Waals surface area contributed by atoms with Crippen LogP contribution < -0.4 is 10.1 Å². The summed E-state index contributed by atoms with van der Waals surface area (Å²) in [6, 6.07) is 9.62. The van der Waals surface area contributed by atoms with Crippen molar-refractivity contribution >= 4 is 16.8 Å². The molecule has 0 saturated carbocycles. The van der Waals surface area contributed by atoms with E-state index in [1.165, 1.54) is 0 Å². The van der Waals surface area contributed by atoms with E-state index in [1.807, 2.05) is 30.3 Å². The van der Waals surface area contributed by atoms with Crippen molar-refractivity contribution in [3.63, 3.8) is 0 Å². The van der Waals surface area contributed by atoms with E-state index in [9.17, 15) is 4.79 Å². The fraction of sp³-hybridized carbons (Fsp3) is 0.118. The van der Waals surface area contributed by atoms with Gasteiger partial charge in [-0.2, -0.15) is 0 Å². The number of fused-ring (bicyclic) bond motifs is 2. The van der Waals surface area contributed by atoms with E-state index in [2.05, 4.69) is 10.3 Å². The molecule has 0 radical (unpaired) electrons. The van der Waals surface area contributed by atoms with Crippen molar-refractivity contribution in [2.75, 3.05) is 7.11 Å². The zero-order valence-electron chi connectivity index (χ0n) is 12.0. The third-order valence-corrected chi connectivity index (χ3v) is 3.88. The molecule has 1 aromatic carbocycles. The van der Waals surface area contributed by atoms with Crippen LogP contribution in [0.4, 0.5) is 0 Å². The van der Waals surface area contributed by atoms with Gasteiger partial charge in [0, 0.05) is 28.9 Å². The number of para-hydroxylation sites is 1. The molecule has 1 amide bonds. The summed E-state index contributed by atoms with van der Waals surface area (Å²) in [5, 5.41) is 3.73. The van der Waals surface area contributed by atoms with Gasteiger partial charge in [0.15, 0.2) is 0 Å². The van der Waals surface area contributed by atoms with Gasteiger partial charge in [0.25, 0.3) is 5.91 Å². The monoisotopic (exact) mass is 291 g/mol. The highest BCUT2D eigenvalue weighted by atomic mass is 16.5. The van der Waals surface area contributed by atoms with Crippen LogP contribution in [0.2, 0.25) is 0 Å². The minimum Gasteiger partial charge on any atom is -0.496 e. The Bertz CT molecular complexity index is 906. The molecular weight excluding hydrogens is 278 g/mol. The molecule has 108 valence electrons. The molecule has 0 unspecified atom stereocenters. The number of hydrogen-bond acceptors (Lipinski definition) is 4. The number of benzene rings is 1. The Hall–Kier alpha value is -2.95. The molecule has 2 aromatic heterocycles. The van der Waals surface area contributed by atoms with Crippen molar-refractivity contribution in [1.82, 2.24) is 15.3 Å². The van der Waals surface area contributed by atoms with Crippen LogP contribution in [-0.4, -0.2) is 23.0 Å². The van der Waals surface area contributed by atoms with E-state index in [-0.39, 0.29) is 5.91 Å². The molecule has 0 atom stereocenters. The standard InChI is InChI=1S/C17H13N3O2/c1-22-15-5-6-18-8-13(15)11-4-2-3-10-7-12-14(20-16(10)11)9-19-17(12)21/h2-8H,9H2,1H3,(H,19,21). The van der Waals surface area contributed by atoms with Gasteiger partial charge in [0.05, 0.1) is 30.4 Å². The van der Waals surface area contributed by atoms with Crippen molar-refractivity contribution < 1.29 is 9.53 Å². The molecule has 1 N–H and O–H groups in total. The maximum Gasteiger partial charge on any atom is 0.253 e.